The molecule has 0 bridgehead atoms. The molecule has 2 N–H and O–H groups in total. The van der Waals surface area contributed by atoms with E-state index in [1.165, 1.54) is 32.1 Å². The van der Waals surface area contributed by atoms with Gasteiger partial charge in [-0.1, -0.05) is 19.3 Å². The molecule has 0 aromatic carbocycles. The Morgan fingerprint density at radius 3 is 2.60 bits per heavy atom. The van der Waals surface area contributed by atoms with Gasteiger partial charge < -0.3 is 10.3 Å². The molecule has 4 nitrogen and oxygen atoms in total. The van der Waals surface area contributed by atoms with Gasteiger partial charge in [-0.05, 0) is 19.8 Å². The summed E-state index contributed by atoms with van der Waals surface area (Å²) in [6.45, 7) is 3.56. The summed E-state index contributed by atoms with van der Waals surface area (Å²) in [6.07, 6.45) is 6.57. The third-order valence-corrected chi connectivity index (χ3v) is 3.33. The molecule has 1 aliphatic rings. The van der Waals surface area contributed by atoms with Crippen LogP contribution in [0.25, 0.3) is 0 Å². The topological polar surface area (TPSA) is 56.7 Å². The van der Waals surface area contributed by atoms with E-state index >= 15 is 0 Å². The molecule has 0 aliphatic heterocycles. The lowest BCUT2D eigenvalue weighted by Gasteiger charge is -2.21. The minimum atomic E-state index is 0.494. The number of rotatable bonds is 3. The first-order valence-corrected chi connectivity index (χ1v) is 5.98. The molecule has 0 spiro atoms. The van der Waals surface area contributed by atoms with Crippen LogP contribution in [0.1, 0.15) is 56.6 Å². The van der Waals surface area contributed by atoms with E-state index in [4.69, 9.17) is 5.73 Å². The van der Waals surface area contributed by atoms with Gasteiger partial charge in [0.25, 0.3) is 0 Å². The van der Waals surface area contributed by atoms with Crippen LogP contribution in [0, 0.1) is 0 Å². The van der Waals surface area contributed by atoms with Crippen LogP contribution in [0.3, 0.4) is 0 Å². The molecule has 1 saturated carbocycles. The number of hydrogen-bond acceptors (Lipinski definition) is 3. The predicted octanol–water partition coefficient (Wildman–Crippen LogP) is 1.80. The molecule has 84 valence electrons. The Morgan fingerprint density at radius 1 is 1.27 bits per heavy atom. The van der Waals surface area contributed by atoms with Crippen molar-refractivity contribution in [1.29, 1.82) is 0 Å². The van der Waals surface area contributed by atoms with Gasteiger partial charge in [0.1, 0.15) is 11.6 Å². The van der Waals surface area contributed by atoms with Crippen LogP contribution in [0.5, 0.6) is 0 Å². The molecule has 0 amide bonds. The van der Waals surface area contributed by atoms with E-state index in [2.05, 4.69) is 21.7 Å². The van der Waals surface area contributed by atoms with Gasteiger partial charge in [-0.2, -0.15) is 0 Å². The largest absolute Gasteiger partial charge is 0.324 e. The van der Waals surface area contributed by atoms with Gasteiger partial charge >= 0.3 is 0 Å². The normalized spacial score (nSPS) is 18.3. The van der Waals surface area contributed by atoms with Gasteiger partial charge in [-0.15, -0.1) is 10.2 Å². The average molecular weight is 208 g/mol. The molecule has 0 saturated heterocycles. The maximum atomic E-state index is 5.65. The zero-order valence-corrected chi connectivity index (χ0v) is 9.45. The molecule has 1 heterocycles. The van der Waals surface area contributed by atoms with Gasteiger partial charge in [0, 0.05) is 12.5 Å². The predicted molar refractivity (Wildman–Crippen MR) is 59.4 cm³/mol. The molecular weight excluding hydrogens is 188 g/mol. The summed E-state index contributed by atoms with van der Waals surface area (Å²) in [4.78, 5) is 0. The van der Waals surface area contributed by atoms with Crippen molar-refractivity contribution in [3.05, 3.63) is 11.6 Å². The van der Waals surface area contributed by atoms with Crippen molar-refractivity contribution >= 4 is 0 Å². The first-order chi connectivity index (χ1) is 7.36. The monoisotopic (exact) mass is 208 g/mol. The molecular formula is C11H20N4. The number of aromatic nitrogens is 3. The van der Waals surface area contributed by atoms with Crippen LogP contribution in [0.2, 0.25) is 0 Å². The minimum Gasteiger partial charge on any atom is -0.324 e. The number of nitrogens with zero attached hydrogens (tertiary/aromatic N) is 3. The van der Waals surface area contributed by atoms with Gasteiger partial charge in [-0.25, -0.2) is 0 Å². The SMILES string of the molecule is CCn1c(CN)nnc1C1CCCCC1. The summed E-state index contributed by atoms with van der Waals surface area (Å²) in [7, 11) is 0. The van der Waals surface area contributed by atoms with Gasteiger partial charge in [-0.3, -0.25) is 0 Å². The first kappa shape index (κ1) is 10.6. The highest BCUT2D eigenvalue weighted by Crippen LogP contribution is 2.31. The van der Waals surface area contributed by atoms with Crippen LogP contribution in [-0.2, 0) is 13.1 Å². The van der Waals surface area contributed by atoms with Crippen molar-refractivity contribution in [2.45, 2.75) is 58.0 Å². The second kappa shape index (κ2) is 4.75. The second-order valence-corrected chi connectivity index (χ2v) is 4.26. The van der Waals surface area contributed by atoms with E-state index in [0.29, 0.717) is 12.5 Å². The van der Waals surface area contributed by atoms with E-state index in [0.717, 1.165) is 18.2 Å². The Labute approximate surface area is 90.9 Å². The fourth-order valence-corrected chi connectivity index (χ4v) is 2.51. The summed E-state index contributed by atoms with van der Waals surface area (Å²) in [5.41, 5.74) is 5.65. The molecule has 0 atom stereocenters. The van der Waals surface area contributed by atoms with Crippen LogP contribution in [0.4, 0.5) is 0 Å². The van der Waals surface area contributed by atoms with Gasteiger partial charge in [0.05, 0.1) is 6.54 Å². The molecule has 15 heavy (non-hydrogen) atoms. The lowest BCUT2D eigenvalue weighted by Crippen LogP contribution is -2.14. The lowest BCUT2D eigenvalue weighted by molar-refractivity contribution is 0.415. The van der Waals surface area contributed by atoms with Crippen LogP contribution < -0.4 is 5.73 Å². The summed E-state index contributed by atoms with van der Waals surface area (Å²) in [6, 6.07) is 0. The third-order valence-electron chi connectivity index (χ3n) is 3.33. The zero-order chi connectivity index (χ0) is 10.7. The van der Waals surface area contributed by atoms with Crippen molar-refractivity contribution < 1.29 is 0 Å². The molecule has 2 rings (SSSR count). The van der Waals surface area contributed by atoms with E-state index in [9.17, 15) is 0 Å². The Morgan fingerprint density at radius 2 is 2.00 bits per heavy atom. The molecule has 1 aromatic heterocycles. The summed E-state index contributed by atoms with van der Waals surface area (Å²) in [5, 5.41) is 8.48. The standard InChI is InChI=1S/C11H20N4/c1-2-15-10(8-12)13-14-11(15)9-6-4-3-5-7-9/h9H,2-8,12H2,1H3. The van der Waals surface area contributed by atoms with E-state index < -0.39 is 0 Å². The summed E-state index contributed by atoms with van der Waals surface area (Å²) >= 11 is 0. The van der Waals surface area contributed by atoms with Crippen molar-refractivity contribution in [2.75, 3.05) is 0 Å². The molecule has 0 radical (unpaired) electrons. The maximum Gasteiger partial charge on any atom is 0.146 e. The Balaban J connectivity index is 2.22. The highest BCUT2D eigenvalue weighted by Gasteiger charge is 2.21. The van der Waals surface area contributed by atoms with Crippen LogP contribution >= 0.6 is 0 Å². The van der Waals surface area contributed by atoms with Gasteiger partial charge in [0.2, 0.25) is 0 Å². The molecule has 0 unspecified atom stereocenters. The third kappa shape index (κ3) is 2.04. The Bertz CT molecular complexity index is 312. The zero-order valence-electron chi connectivity index (χ0n) is 9.45. The Hall–Kier alpha value is -0.900. The van der Waals surface area contributed by atoms with E-state index in [-0.39, 0.29) is 0 Å². The molecule has 1 fully saturated rings. The number of nitrogens with two attached hydrogens (primary N) is 1. The van der Waals surface area contributed by atoms with E-state index in [1.54, 1.807) is 0 Å². The van der Waals surface area contributed by atoms with Crippen molar-refractivity contribution in [3.8, 4) is 0 Å². The molecule has 4 heteroatoms. The fraction of sp³-hybridized carbons (Fsp3) is 0.818. The maximum absolute atomic E-state index is 5.65. The van der Waals surface area contributed by atoms with Crippen molar-refractivity contribution in [3.63, 3.8) is 0 Å². The smallest absolute Gasteiger partial charge is 0.146 e. The van der Waals surface area contributed by atoms with Gasteiger partial charge in [0.15, 0.2) is 0 Å². The summed E-state index contributed by atoms with van der Waals surface area (Å²) in [5.74, 6) is 2.71. The quantitative estimate of drug-likeness (QED) is 0.824. The molecule has 1 aliphatic carbocycles. The van der Waals surface area contributed by atoms with Crippen LogP contribution in [0.15, 0.2) is 0 Å². The lowest BCUT2D eigenvalue weighted by atomic mass is 9.88. The highest BCUT2D eigenvalue weighted by molar-refractivity contribution is 5.03. The number of hydrogen-bond donors (Lipinski definition) is 1. The fourth-order valence-electron chi connectivity index (χ4n) is 2.51. The molecule has 1 aromatic rings. The summed E-state index contributed by atoms with van der Waals surface area (Å²) < 4.78 is 2.19. The van der Waals surface area contributed by atoms with Crippen LogP contribution in [-0.4, -0.2) is 14.8 Å². The minimum absolute atomic E-state index is 0.494. The van der Waals surface area contributed by atoms with Crippen molar-refractivity contribution in [2.24, 2.45) is 5.73 Å². The Kier molecular flexibility index (Phi) is 3.36. The van der Waals surface area contributed by atoms with E-state index in [1.807, 2.05) is 0 Å². The van der Waals surface area contributed by atoms with Crippen molar-refractivity contribution in [1.82, 2.24) is 14.8 Å². The average Bonchev–Trinajstić information content (AvgIpc) is 2.72. The highest BCUT2D eigenvalue weighted by atomic mass is 15.3. The first-order valence-electron chi connectivity index (χ1n) is 5.98. The second-order valence-electron chi connectivity index (χ2n) is 4.26.